The van der Waals surface area contributed by atoms with Crippen LogP contribution in [-0.4, -0.2) is 88.7 Å². The fourth-order valence-corrected chi connectivity index (χ4v) is 9.29. The average Bonchev–Trinajstić information content (AvgIpc) is 3.89. The third kappa shape index (κ3) is 8.63. The molecule has 1 aromatic rings. The van der Waals surface area contributed by atoms with Crippen LogP contribution >= 0.6 is 0 Å². The summed E-state index contributed by atoms with van der Waals surface area (Å²) in [4.78, 5) is 72.4. The highest BCUT2D eigenvalue weighted by Crippen LogP contribution is 2.47. The number of halogens is 1. The van der Waals surface area contributed by atoms with E-state index in [1.807, 2.05) is 19.1 Å². The molecular weight excluding hydrogens is 734 g/mol. The van der Waals surface area contributed by atoms with Gasteiger partial charge in [0.25, 0.3) is 5.91 Å². The van der Waals surface area contributed by atoms with Crippen molar-refractivity contribution < 1.29 is 46.3 Å². The zero-order chi connectivity index (χ0) is 40.1. The van der Waals surface area contributed by atoms with E-state index in [9.17, 15) is 36.8 Å². The summed E-state index contributed by atoms with van der Waals surface area (Å²) in [6, 6.07) is 2.25. The van der Waals surface area contributed by atoms with E-state index in [4.69, 9.17) is 9.47 Å². The Morgan fingerprint density at radius 2 is 1.84 bits per heavy atom. The van der Waals surface area contributed by atoms with Crippen LogP contribution in [-0.2, 0) is 47.0 Å². The van der Waals surface area contributed by atoms with Gasteiger partial charge in [0, 0.05) is 24.4 Å². The predicted octanol–water partition coefficient (Wildman–Crippen LogP) is 4.42. The van der Waals surface area contributed by atoms with Gasteiger partial charge in [0.15, 0.2) is 0 Å². The highest BCUT2D eigenvalue weighted by atomic mass is 32.2. The average molecular weight is 788 g/mol. The van der Waals surface area contributed by atoms with Gasteiger partial charge < -0.3 is 25.0 Å². The Hall–Kier alpha value is -4.21. The number of hydrogen-bond donors (Lipinski definition) is 3. The maximum atomic E-state index is 14.8. The maximum absolute atomic E-state index is 14.8. The summed E-state index contributed by atoms with van der Waals surface area (Å²) in [7, 11) is -4.03. The fourth-order valence-electron chi connectivity index (χ4n) is 7.98. The Balaban J connectivity index is 1.31. The molecule has 1 saturated heterocycles. The quantitative estimate of drug-likeness (QED) is 0.352. The van der Waals surface area contributed by atoms with Crippen LogP contribution in [0.3, 0.4) is 0 Å². The van der Waals surface area contributed by atoms with E-state index in [-0.39, 0.29) is 44.3 Å². The van der Waals surface area contributed by atoms with Gasteiger partial charge in [-0.3, -0.25) is 24.0 Å². The molecule has 14 nitrogen and oxygen atoms in total. The second kappa shape index (κ2) is 15.0. The molecule has 1 unspecified atom stereocenters. The highest BCUT2D eigenvalue weighted by molar-refractivity contribution is 7.91. The molecule has 3 fully saturated rings. The summed E-state index contributed by atoms with van der Waals surface area (Å²) in [6.07, 6.45) is 4.53. The van der Waals surface area contributed by atoms with Crippen LogP contribution in [0.25, 0.3) is 0 Å². The summed E-state index contributed by atoms with van der Waals surface area (Å²) in [5.41, 5.74) is -1.41. The SMILES string of the molecule is CC[C@@H]1CC(C)CCC=C[C@@H]2C[C@@]2(C(=O)NS(=O)(=O)C2(C)CC2)NC(=O)[C@@H]2C[C@@H](OC(=O)N3Cc4cccc(F)c4C3)CN2C(=O)[C@H]1NC(=O)OC(C)(C)C. The van der Waals surface area contributed by atoms with Crippen molar-refractivity contribution in [2.45, 2.75) is 140 Å². The van der Waals surface area contributed by atoms with Gasteiger partial charge in [-0.15, -0.1) is 0 Å². The van der Waals surface area contributed by atoms with E-state index in [0.717, 1.165) is 6.42 Å². The monoisotopic (exact) mass is 787 g/mol. The summed E-state index contributed by atoms with van der Waals surface area (Å²) >= 11 is 0. The largest absolute Gasteiger partial charge is 0.444 e. The van der Waals surface area contributed by atoms with Gasteiger partial charge in [0.2, 0.25) is 21.8 Å². The number of benzene rings is 1. The number of hydrogen-bond acceptors (Lipinski definition) is 9. The molecule has 3 aliphatic heterocycles. The first-order valence-corrected chi connectivity index (χ1v) is 20.8. The van der Waals surface area contributed by atoms with Gasteiger partial charge in [-0.1, -0.05) is 44.6 Å². The van der Waals surface area contributed by atoms with Crippen LogP contribution in [0.2, 0.25) is 0 Å². The number of ether oxygens (including phenoxy) is 2. The number of allylic oxidation sites excluding steroid dienone is 1. The molecule has 6 rings (SSSR count). The molecule has 302 valence electrons. The number of nitrogens with one attached hydrogen (secondary N) is 3. The van der Waals surface area contributed by atoms with Crippen molar-refractivity contribution in [2.75, 3.05) is 6.54 Å². The molecule has 3 heterocycles. The van der Waals surface area contributed by atoms with Crippen molar-refractivity contribution in [3.63, 3.8) is 0 Å². The van der Waals surface area contributed by atoms with Crippen molar-refractivity contribution in [2.24, 2.45) is 17.8 Å². The number of amides is 5. The first-order valence-electron chi connectivity index (χ1n) is 19.3. The zero-order valence-electron chi connectivity index (χ0n) is 32.5. The molecule has 0 radical (unpaired) electrons. The number of carbonyl (C=O) groups excluding carboxylic acids is 5. The van der Waals surface area contributed by atoms with Crippen molar-refractivity contribution in [1.82, 2.24) is 25.2 Å². The Kier molecular flexibility index (Phi) is 11.1. The first-order chi connectivity index (χ1) is 25.8. The minimum absolute atomic E-state index is 0.00709. The van der Waals surface area contributed by atoms with E-state index in [1.54, 1.807) is 39.8 Å². The molecule has 0 aromatic heterocycles. The van der Waals surface area contributed by atoms with Crippen LogP contribution in [0.5, 0.6) is 0 Å². The third-order valence-electron chi connectivity index (χ3n) is 11.7. The summed E-state index contributed by atoms with van der Waals surface area (Å²) in [5.74, 6) is -3.33. The molecule has 3 N–H and O–H groups in total. The lowest BCUT2D eigenvalue weighted by molar-refractivity contribution is -0.142. The fraction of sp³-hybridized carbons (Fsp3) is 0.667. The Labute approximate surface area is 322 Å². The first kappa shape index (κ1) is 40.5. The predicted molar refractivity (Wildman–Crippen MR) is 199 cm³/mol. The van der Waals surface area contributed by atoms with Crippen LogP contribution in [0.4, 0.5) is 14.0 Å². The molecule has 2 aliphatic carbocycles. The molecule has 1 aromatic carbocycles. The topological polar surface area (TPSA) is 181 Å². The molecule has 16 heteroatoms. The van der Waals surface area contributed by atoms with E-state index in [2.05, 4.69) is 22.3 Å². The Morgan fingerprint density at radius 1 is 1.11 bits per heavy atom. The summed E-state index contributed by atoms with van der Waals surface area (Å²) in [5, 5.41) is 5.62. The van der Waals surface area contributed by atoms with E-state index >= 15 is 0 Å². The number of carbonyl (C=O) groups is 5. The lowest BCUT2D eigenvalue weighted by Gasteiger charge is -2.34. The van der Waals surface area contributed by atoms with Crippen molar-refractivity contribution in [3.05, 3.63) is 47.3 Å². The van der Waals surface area contributed by atoms with Gasteiger partial charge in [-0.2, -0.15) is 0 Å². The minimum atomic E-state index is -4.03. The molecule has 0 bridgehead atoms. The minimum Gasteiger partial charge on any atom is -0.444 e. The highest BCUT2D eigenvalue weighted by Gasteiger charge is 2.63. The molecule has 7 atom stereocenters. The normalized spacial score (nSPS) is 30.5. The lowest BCUT2D eigenvalue weighted by Crippen LogP contribution is -2.59. The molecule has 5 amide bonds. The van der Waals surface area contributed by atoms with Gasteiger partial charge in [-0.25, -0.2) is 22.4 Å². The zero-order valence-corrected chi connectivity index (χ0v) is 33.3. The van der Waals surface area contributed by atoms with Crippen LogP contribution in [0.1, 0.15) is 104 Å². The second-order valence-electron chi connectivity index (χ2n) is 17.3. The summed E-state index contributed by atoms with van der Waals surface area (Å²) < 4.78 is 53.4. The number of nitrogens with zero attached hydrogens (tertiary/aromatic N) is 2. The van der Waals surface area contributed by atoms with Gasteiger partial charge >= 0.3 is 12.2 Å². The maximum Gasteiger partial charge on any atom is 0.410 e. The molecule has 0 spiro atoms. The third-order valence-corrected chi connectivity index (χ3v) is 13.9. The van der Waals surface area contributed by atoms with E-state index in [0.29, 0.717) is 43.2 Å². The van der Waals surface area contributed by atoms with E-state index < -0.39 is 85.7 Å². The van der Waals surface area contributed by atoms with Crippen molar-refractivity contribution in [3.8, 4) is 0 Å². The number of alkyl carbamates (subject to hydrolysis) is 1. The molecule has 55 heavy (non-hydrogen) atoms. The van der Waals surface area contributed by atoms with Crippen LogP contribution in [0.15, 0.2) is 30.4 Å². The Bertz CT molecular complexity index is 1860. The van der Waals surface area contributed by atoms with Gasteiger partial charge in [0.1, 0.15) is 35.1 Å². The van der Waals surface area contributed by atoms with Crippen molar-refractivity contribution in [1.29, 1.82) is 0 Å². The standard InChI is InChI=1S/C39H54FN5O9S/c1-7-24-17-23(2)11-8-9-13-26-19-39(26,34(48)43-55(51,52)38(6)15-16-38)42-32(46)30-18-27(21-45(30)33(47)31(24)41-35(49)54-37(3,4)5)53-36(50)44-20-25-12-10-14-29(40)28(25)22-44/h9-10,12-14,23-24,26-27,30-31H,7-8,11,15-22H2,1-6H3,(H,41,49)(H,42,46)(H,43,48)/t23?,24-,26-,27-,30+,31+,39-/m1/s1. The summed E-state index contributed by atoms with van der Waals surface area (Å²) in [6.45, 7) is 10.6. The van der Waals surface area contributed by atoms with Gasteiger partial charge in [0.05, 0.1) is 17.8 Å². The van der Waals surface area contributed by atoms with E-state index in [1.165, 1.54) is 15.9 Å². The number of sulfonamides is 1. The molecular formula is C39H54FN5O9S. The lowest BCUT2D eigenvalue weighted by atomic mass is 9.85. The molecule has 5 aliphatic rings. The second-order valence-corrected chi connectivity index (χ2v) is 19.5. The number of rotatable bonds is 6. The smallest absolute Gasteiger partial charge is 0.410 e. The Morgan fingerprint density at radius 3 is 2.49 bits per heavy atom. The van der Waals surface area contributed by atoms with Crippen LogP contribution < -0.4 is 15.4 Å². The van der Waals surface area contributed by atoms with Gasteiger partial charge in [-0.05, 0) is 89.7 Å². The molecule has 2 saturated carbocycles. The van der Waals surface area contributed by atoms with Crippen molar-refractivity contribution >= 4 is 39.9 Å². The van der Waals surface area contributed by atoms with Crippen LogP contribution in [0, 0.1) is 23.6 Å². The number of fused-ring (bicyclic) bond motifs is 3.